The molecule has 2 N–H and O–H groups in total. The third-order valence-corrected chi connectivity index (χ3v) is 5.73. The van der Waals surface area contributed by atoms with Crippen LogP contribution in [0, 0.1) is 22.7 Å². The molecule has 134 valence electrons. The smallest absolute Gasteiger partial charge is 0.274 e. The lowest BCUT2D eigenvalue weighted by molar-refractivity contribution is 0.906. The van der Waals surface area contributed by atoms with Gasteiger partial charge in [0.05, 0.1) is 33.7 Å². The molecule has 3 aromatic rings. The van der Waals surface area contributed by atoms with Crippen LogP contribution in [0.5, 0.6) is 0 Å². The fraction of sp³-hybridized carbons (Fsp3) is 0.0455. The predicted octanol–water partition coefficient (Wildman–Crippen LogP) is 1.86. The monoisotopic (exact) mass is 382 g/mol. The molecular weight excluding hydrogens is 368 g/mol. The zero-order valence-corrected chi connectivity index (χ0v) is 15.5. The highest BCUT2D eigenvalue weighted by Crippen LogP contribution is 2.35. The second-order valence-electron chi connectivity index (χ2n) is 6.25. The zero-order valence-electron chi connectivity index (χ0n) is 14.7. The molecule has 28 heavy (non-hydrogen) atoms. The van der Waals surface area contributed by atoms with Gasteiger partial charge in [0.1, 0.15) is 10.5 Å². The average molecular weight is 382 g/mol. The van der Waals surface area contributed by atoms with Crippen molar-refractivity contribution in [1.82, 2.24) is 4.57 Å². The summed E-state index contributed by atoms with van der Waals surface area (Å²) in [5.41, 5.74) is 8.15. The number of rotatable bonds is 2. The molecule has 1 unspecified atom stereocenters. The average Bonchev–Trinajstić information content (AvgIpc) is 3.05. The van der Waals surface area contributed by atoms with Crippen molar-refractivity contribution in [3.05, 3.63) is 96.9 Å². The summed E-state index contributed by atoms with van der Waals surface area (Å²) in [6.45, 7) is 0. The highest BCUT2D eigenvalue weighted by molar-refractivity contribution is 7.07. The van der Waals surface area contributed by atoms with Crippen LogP contribution < -0.4 is 20.5 Å². The Balaban J connectivity index is 2.08. The maximum atomic E-state index is 13.0. The lowest BCUT2D eigenvalue weighted by Crippen LogP contribution is -2.38. The van der Waals surface area contributed by atoms with E-state index in [1.165, 1.54) is 15.9 Å². The molecule has 6 heteroatoms. The van der Waals surface area contributed by atoms with Crippen LogP contribution in [0.4, 0.5) is 0 Å². The van der Waals surface area contributed by atoms with Gasteiger partial charge in [0.2, 0.25) is 0 Å². The van der Waals surface area contributed by atoms with E-state index in [1.807, 2.05) is 60.7 Å². The number of nitriles is 2. The Kier molecular flexibility index (Phi) is 4.41. The standard InChI is InChI=1S/C22H14N4OS/c23-12-16-19(15-9-5-2-6-10-15)17(13-24)22-26(20(16)25)21(27)18(28-22)11-14-7-3-1-4-8-14/h1-11,19H,25H2/b18-11+. The highest BCUT2D eigenvalue weighted by Gasteiger charge is 2.31. The number of nitrogens with zero attached hydrogens (tertiary/aromatic N) is 3. The van der Waals surface area contributed by atoms with Crippen LogP contribution in [-0.2, 0) is 0 Å². The zero-order chi connectivity index (χ0) is 19.7. The third kappa shape index (κ3) is 2.73. The fourth-order valence-electron chi connectivity index (χ4n) is 3.33. The number of hydrogen-bond donors (Lipinski definition) is 1. The van der Waals surface area contributed by atoms with Gasteiger partial charge in [-0.05, 0) is 17.2 Å². The van der Waals surface area contributed by atoms with Gasteiger partial charge in [0, 0.05) is 0 Å². The van der Waals surface area contributed by atoms with Crippen molar-refractivity contribution in [2.75, 3.05) is 0 Å². The fourth-order valence-corrected chi connectivity index (χ4v) is 4.46. The van der Waals surface area contributed by atoms with Crippen LogP contribution in [0.3, 0.4) is 0 Å². The molecule has 4 rings (SSSR count). The molecule has 5 nitrogen and oxygen atoms in total. The van der Waals surface area contributed by atoms with Crippen molar-refractivity contribution in [1.29, 1.82) is 10.5 Å². The van der Waals surface area contributed by atoms with E-state index >= 15 is 0 Å². The van der Waals surface area contributed by atoms with Crippen molar-refractivity contribution in [3.63, 3.8) is 0 Å². The van der Waals surface area contributed by atoms with E-state index in [9.17, 15) is 15.3 Å². The van der Waals surface area contributed by atoms with Crippen LogP contribution in [-0.4, -0.2) is 4.57 Å². The van der Waals surface area contributed by atoms with Crippen molar-refractivity contribution in [3.8, 4) is 12.1 Å². The molecule has 0 spiro atoms. The summed E-state index contributed by atoms with van der Waals surface area (Å²) in [6.07, 6.45) is 1.77. The summed E-state index contributed by atoms with van der Waals surface area (Å²) in [6, 6.07) is 23.0. The first kappa shape index (κ1) is 17.5. The molecule has 0 bridgehead atoms. The van der Waals surface area contributed by atoms with E-state index in [0.29, 0.717) is 14.8 Å². The van der Waals surface area contributed by atoms with Gasteiger partial charge in [0.15, 0.2) is 0 Å². The van der Waals surface area contributed by atoms with Crippen LogP contribution >= 0.6 is 11.3 Å². The molecular formula is C22H14N4OS. The Labute approximate surface area is 164 Å². The first-order valence-electron chi connectivity index (χ1n) is 8.53. The molecule has 1 aliphatic heterocycles. The molecule has 0 aliphatic carbocycles. The first-order chi connectivity index (χ1) is 13.7. The number of aromatic nitrogens is 1. The van der Waals surface area contributed by atoms with Crippen LogP contribution in [0.1, 0.15) is 17.0 Å². The van der Waals surface area contributed by atoms with Gasteiger partial charge >= 0.3 is 0 Å². The minimum Gasteiger partial charge on any atom is -0.384 e. The lowest BCUT2D eigenvalue weighted by atomic mass is 9.84. The lowest BCUT2D eigenvalue weighted by Gasteiger charge is -2.22. The van der Waals surface area contributed by atoms with Gasteiger partial charge in [-0.1, -0.05) is 60.7 Å². The van der Waals surface area contributed by atoms with Crippen molar-refractivity contribution < 1.29 is 0 Å². The Morgan fingerprint density at radius 2 is 1.57 bits per heavy atom. The minimum absolute atomic E-state index is 0.0827. The van der Waals surface area contributed by atoms with Gasteiger partial charge in [0.25, 0.3) is 5.56 Å². The number of fused-ring (bicyclic) bond motifs is 1. The maximum absolute atomic E-state index is 13.0. The summed E-state index contributed by atoms with van der Waals surface area (Å²) >= 11 is 1.22. The van der Waals surface area contributed by atoms with Crippen LogP contribution in [0.25, 0.3) is 17.5 Å². The Bertz CT molecular complexity index is 1350. The molecule has 0 fully saturated rings. The summed E-state index contributed by atoms with van der Waals surface area (Å²) < 4.78 is 2.22. The van der Waals surface area contributed by atoms with E-state index in [-0.39, 0.29) is 17.0 Å². The van der Waals surface area contributed by atoms with Gasteiger partial charge < -0.3 is 5.73 Å². The normalized spacial score (nSPS) is 16.4. The summed E-state index contributed by atoms with van der Waals surface area (Å²) in [7, 11) is 0. The van der Waals surface area contributed by atoms with Gasteiger partial charge in [-0.25, -0.2) is 0 Å². The molecule has 0 saturated heterocycles. The number of hydrogen-bond acceptors (Lipinski definition) is 5. The molecule has 2 aromatic carbocycles. The van der Waals surface area contributed by atoms with Gasteiger partial charge in [-0.15, -0.1) is 11.3 Å². The summed E-state index contributed by atoms with van der Waals surface area (Å²) in [4.78, 5) is 13.0. The Morgan fingerprint density at radius 1 is 0.964 bits per heavy atom. The third-order valence-electron chi connectivity index (χ3n) is 4.62. The largest absolute Gasteiger partial charge is 0.384 e. The molecule has 1 aromatic heterocycles. The molecule has 1 atom stereocenters. The second kappa shape index (κ2) is 7.03. The number of nitrogens with two attached hydrogens (primary N) is 1. The van der Waals surface area contributed by atoms with Gasteiger partial charge in [-0.3, -0.25) is 9.36 Å². The second-order valence-corrected chi connectivity index (χ2v) is 7.28. The number of allylic oxidation sites excluding steroid dienone is 1. The van der Waals surface area contributed by atoms with E-state index in [1.54, 1.807) is 6.08 Å². The molecule has 0 radical (unpaired) electrons. The number of benzene rings is 2. The highest BCUT2D eigenvalue weighted by atomic mass is 32.1. The Hall–Kier alpha value is -3.87. The quantitative estimate of drug-likeness (QED) is 0.732. The molecule has 0 amide bonds. The van der Waals surface area contributed by atoms with Crippen molar-refractivity contribution in [2.24, 2.45) is 5.73 Å². The van der Waals surface area contributed by atoms with Gasteiger partial charge in [-0.2, -0.15) is 10.5 Å². The Morgan fingerprint density at radius 3 is 2.18 bits per heavy atom. The topological polar surface area (TPSA) is 95.6 Å². The maximum Gasteiger partial charge on any atom is 0.274 e. The SMILES string of the molecule is N#CC1=C(N)n2c(s/c(=C/c3ccccc3)c2=O)=C(C#N)C1c1ccccc1. The van der Waals surface area contributed by atoms with Crippen LogP contribution in [0.2, 0.25) is 0 Å². The van der Waals surface area contributed by atoms with E-state index < -0.39 is 5.92 Å². The van der Waals surface area contributed by atoms with Crippen molar-refractivity contribution >= 4 is 28.8 Å². The first-order valence-corrected chi connectivity index (χ1v) is 9.35. The van der Waals surface area contributed by atoms with E-state index in [0.717, 1.165) is 11.1 Å². The minimum atomic E-state index is -0.584. The summed E-state index contributed by atoms with van der Waals surface area (Å²) in [5.74, 6) is -0.502. The van der Waals surface area contributed by atoms with E-state index in [2.05, 4.69) is 12.1 Å². The van der Waals surface area contributed by atoms with Crippen LogP contribution in [0.15, 0.2) is 71.0 Å². The molecule has 1 aliphatic rings. The van der Waals surface area contributed by atoms with Crippen molar-refractivity contribution in [2.45, 2.75) is 5.92 Å². The molecule has 2 heterocycles. The predicted molar refractivity (Wildman–Crippen MR) is 109 cm³/mol. The van der Waals surface area contributed by atoms with E-state index in [4.69, 9.17) is 5.73 Å². The molecule has 0 saturated carbocycles. The number of thiazole rings is 1. The summed E-state index contributed by atoms with van der Waals surface area (Å²) in [5, 5.41) is 19.6.